The van der Waals surface area contributed by atoms with Crippen molar-refractivity contribution in [3.63, 3.8) is 0 Å². The van der Waals surface area contributed by atoms with E-state index in [-0.39, 0.29) is 0 Å². The van der Waals surface area contributed by atoms with Crippen molar-refractivity contribution in [1.29, 1.82) is 5.26 Å². The molecule has 6 heteroatoms. The second-order valence-electron chi connectivity index (χ2n) is 4.24. The molecule has 0 saturated carbocycles. The highest BCUT2D eigenvalue weighted by atomic mass is 79.9. The van der Waals surface area contributed by atoms with Gasteiger partial charge >= 0.3 is 0 Å². The number of benzene rings is 2. The van der Waals surface area contributed by atoms with E-state index in [4.69, 9.17) is 4.74 Å². The zero-order valence-electron chi connectivity index (χ0n) is 11.1. The summed E-state index contributed by atoms with van der Waals surface area (Å²) in [6, 6.07) is 11.7. The lowest BCUT2D eigenvalue weighted by atomic mass is 10.1. The van der Waals surface area contributed by atoms with Crippen LogP contribution in [0.3, 0.4) is 0 Å². The Bertz CT molecular complexity index is 711. The normalized spacial score (nSPS) is 10.0. The van der Waals surface area contributed by atoms with Gasteiger partial charge in [-0.1, -0.05) is 31.9 Å². The first-order valence-corrected chi connectivity index (χ1v) is 8.38. The number of halogens is 3. The number of hydrogen-bond acceptors (Lipinski definition) is 3. The van der Waals surface area contributed by atoms with Crippen LogP contribution in [0.1, 0.15) is 11.1 Å². The van der Waals surface area contributed by atoms with Crippen LogP contribution in [0, 0.1) is 11.3 Å². The molecule has 0 amide bonds. The van der Waals surface area contributed by atoms with Gasteiger partial charge in [0.15, 0.2) is 0 Å². The molecule has 0 aliphatic heterocycles. The molecule has 0 spiro atoms. The average molecular weight is 475 g/mol. The van der Waals surface area contributed by atoms with Gasteiger partial charge in [0.05, 0.1) is 22.8 Å². The van der Waals surface area contributed by atoms with E-state index in [9.17, 15) is 5.26 Å². The van der Waals surface area contributed by atoms with Crippen LogP contribution in [-0.4, -0.2) is 7.11 Å². The van der Waals surface area contributed by atoms with Crippen LogP contribution in [0.25, 0.3) is 0 Å². The topological polar surface area (TPSA) is 45.0 Å². The molecular weight excluding hydrogens is 464 g/mol. The summed E-state index contributed by atoms with van der Waals surface area (Å²) in [5, 5.41) is 12.5. The van der Waals surface area contributed by atoms with Crippen LogP contribution in [0.2, 0.25) is 0 Å². The van der Waals surface area contributed by atoms with Gasteiger partial charge in [0.1, 0.15) is 11.8 Å². The molecule has 0 heterocycles. The number of hydrogen-bond donors (Lipinski definition) is 1. The number of anilines is 1. The van der Waals surface area contributed by atoms with Crippen LogP contribution < -0.4 is 10.1 Å². The summed E-state index contributed by atoms with van der Waals surface area (Å²) >= 11 is 10.3. The monoisotopic (exact) mass is 472 g/mol. The minimum atomic E-state index is 0.553. The molecule has 1 N–H and O–H groups in total. The summed E-state index contributed by atoms with van der Waals surface area (Å²) in [6.45, 7) is 0.553. The first-order chi connectivity index (χ1) is 10.0. The van der Waals surface area contributed by atoms with Gasteiger partial charge in [-0.2, -0.15) is 5.26 Å². The van der Waals surface area contributed by atoms with E-state index in [1.165, 1.54) is 0 Å². The molecule has 0 bridgehead atoms. The molecule has 0 unspecified atom stereocenters. The van der Waals surface area contributed by atoms with Crippen molar-refractivity contribution < 1.29 is 4.74 Å². The maximum atomic E-state index is 9.18. The number of ether oxygens (including phenoxy) is 1. The predicted octanol–water partition coefficient (Wildman–Crippen LogP) is 5.47. The van der Waals surface area contributed by atoms with Crippen molar-refractivity contribution in [1.82, 2.24) is 0 Å². The number of nitriles is 1. The first kappa shape index (κ1) is 16.3. The molecule has 2 aromatic rings. The molecule has 0 fully saturated rings. The van der Waals surface area contributed by atoms with Gasteiger partial charge < -0.3 is 10.1 Å². The van der Waals surface area contributed by atoms with Gasteiger partial charge in [-0.05, 0) is 46.3 Å². The Kier molecular flexibility index (Phi) is 5.68. The van der Waals surface area contributed by atoms with E-state index in [0.29, 0.717) is 12.1 Å². The molecule has 0 aliphatic rings. The highest BCUT2D eigenvalue weighted by Gasteiger charge is 2.10. The van der Waals surface area contributed by atoms with Crippen molar-refractivity contribution in [2.45, 2.75) is 6.54 Å². The maximum Gasteiger partial charge on any atom is 0.138 e. The molecule has 0 radical (unpaired) electrons. The Balaban J connectivity index is 2.27. The minimum Gasteiger partial charge on any atom is -0.495 e. The molecule has 0 saturated heterocycles. The van der Waals surface area contributed by atoms with E-state index in [1.54, 1.807) is 13.2 Å². The van der Waals surface area contributed by atoms with Crippen molar-refractivity contribution >= 4 is 53.5 Å². The fourth-order valence-corrected chi connectivity index (χ4v) is 3.76. The standard InChI is InChI=1S/C15H11Br3N2O/c1-21-15-10(5-12(17)6-13(15)18)8-20-14-3-2-11(16)4-9(14)7-19/h2-6,20H,8H2,1H3. The summed E-state index contributed by atoms with van der Waals surface area (Å²) in [7, 11) is 1.64. The molecular formula is C15H11Br3N2O. The van der Waals surface area contributed by atoms with Gasteiger partial charge in [-0.15, -0.1) is 0 Å². The van der Waals surface area contributed by atoms with Gasteiger partial charge in [0.2, 0.25) is 0 Å². The number of nitrogens with zero attached hydrogens (tertiary/aromatic N) is 1. The van der Waals surface area contributed by atoms with Gasteiger partial charge in [0.25, 0.3) is 0 Å². The van der Waals surface area contributed by atoms with Crippen LogP contribution in [0.5, 0.6) is 5.75 Å². The van der Waals surface area contributed by atoms with Gasteiger partial charge in [-0.25, -0.2) is 0 Å². The molecule has 3 nitrogen and oxygen atoms in total. The van der Waals surface area contributed by atoms with E-state index >= 15 is 0 Å². The summed E-state index contributed by atoms with van der Waals surface area (Å²) in [5.74, 6) is 0.779. The zero-order chi connectivity index (χ0) is 15.4. The summed E-state index contributed by atoms with van der Waals surface area (Å²) in [4.78, 5) is 0. The van der Waals surface area contributed by atoms with Crippen molar-refractivity contribution in [3.05, 3.63) is 54.9 Å². The molecule has 108 valence electrons. The molecule has 21 heavy (non-hydrogen) atoms. The number of nitrogens with one attached hydrogen (secondary N) is 1. The summed E-state index contributed by atoms with van der Waals surface area (Å²) in [5.41, 5.74) is 2.38. The Morgan fingerprint density at radius 2 is 1.90 bits per heavy atom. The zero-order valence-corrected chi connectivity index (χ0v) is 15.8. The van der Waals surface area contributed by atoms with Crippen molar-refractivity contribution in [3.8, 4) is 11.8 Å². The van der Waals surface area contributed by atoms with Crippen LogP contribution >= 0.6 is 47.8 Å². The SMILES string of the molecule is COc1c(Br)cc(Br)cc1CNc1ccc(Br)cc1C#N. The molecule has 0 aromatic heterocycles. The predicted molar refractivity (Wildman–Crippen MR) is 94.6 cm³/mol. The fourth-order valence-electron chi connectivity index (χ4n) is 1.93. The van der Waals surface area contributed by atoms with Crippen molar-refractivity contribution in [2.75, 3.05) is 12.4 Å². The highest BCUT2D eigenvalue weighted by Crippen LogP contribution is 2.33. The molecule has 2 aromatic carbocycles. The third-order valence-electron chi connectivity index (χ3n) is 2.86. The van der Waals surface area contributed by atoms with E-state index in [0.717, 1.165) is 30.4 Å². The summed E-state index contributed by atoms with van der Waals surface area (Å²) < 4.78 is 8.14. The smallest absolute Gasteiger partial charge is 0.138 e. The van der Waals surface area contributed by atoms with Crippen LogP contribution in [0.4, 0.5) is 5.69 Å². The molecule has 0 atom stereocenters. The second kappa shape index (κ2) is 7.30. The van der Waals surface area contributed by atoms with E-state index in [2.05, 4.69) is 59.2 Å². The Labute approximate surface area is 148 Å². The lowest BCUT2D eigenvalue weighted by Crippen LogP contribution is -2.04. The third-order valence-corrected chi connectivity index (χ3v) is 4.40. The van der Waals surface area contributed by atoms with Crippen molar-refractivity contribution in [2.24, 2.45) is 0 Å². The number of methoxy groups -OCH3 is 1. The van der Waals surface area contributed by atoms with Gasteiger partial charge in [0, 0.05) is 21.1 Å². The van der Waals surface area contributed by atoms with E-state index < -0.39 is 0 Å². The lowest BCUT2D eigenvalue weighted by Gasteiger charge is -2.13. The first-order valence-electron chi connectivity index (χ1n) is 6.00. The summed E-state index contributed by atoms with van der Waals surface area (Å²) in [6.07, 6.45) is 0. The Morgan fingerprint density at radius 3 is 2.57 bits per heavy atom. The Morgan fingerprint density at radius 1 is 1.14 bits per heavy atom. The number of rotatable bonds is 4. The fraction of sp³-hybridized carbons (Fsp3) is 0.133. The minimum absolute atomic E-state index is 0.553. The average Bonchev–Trinajstić information content (AvgIpc) is 2.45. The van der Waals surface area contributed by atoms with Crippen LogP contribution in [0.15, 0.2) is 43.7 Å². The Hall–Kier alpha value is -1.03. The van der Waals surface area contributed by atoms with Gasteiger partial charge in [-0.3, -0.25) is 0 Å². The lowest BCUT2D eigenvalue weighted by molar-refractivity contribution is 0.407. The maximum absolute atomic E-state index is 9.18. The second-order valence-corrected chi connectivity index (χ2v) is 6.92. The van der Waals surface area contributed by atoms with Crippen LogP contribution in [-0.2, 0) is 6.54 Å². The van der Waals surface area contributed by atoms with E-state index in [1.807, 2.05) is 24.3 Å². The highest BCUT2D eigenvalue weighted by molar-refractivity contribution is 9.11. The quantitative estimate of drug-likeness (QED) is 0.639. The molecule has 0 aliphatic carbocycles. The largest absolute Gasteiger partial charge is 0.495 e. The third kappa shape index (κ3) is 4.00. The molecule has 2 rings (SSSR count).